The predicted octanol–water partition coefficient (Wildman–Crippen LogP) is -1.18. The first kappa shape index (κ1) is 24.3. The van der Waals surface area contributed by atoms with Crippen LogP contribution in [0.25, 0.3) is 0 Å². The van der Waals surface area contributed by atoms with Crippen molar-refractivity contribution < 1.29 is 34.2 Å². The summed E-state index contributed by atoms with van der Waals surface area (Å²) in [7, 11) is 0. The van der Waals surface area contributed by atoms with Crippen LogP contribution in [0, 0.1) is 5.92 Å². The quantitative estimate of drug-likeness (QED) is 0.231. The van der Waals surface area contributed by atoms with Crippen molar-refractivity contribution in [1.29, 1.82) is 0 Å². The zero-order chi connectivity index (χ0) is 22.0. The second-order valence-corrected chi connectivity index (χ2v) is 7.45. The summed E-state index contributed by atoms with van der Waals surface area (Å²) in [4.78, 5) is 58.4. The second-order valence-electron chi connectivity index (χ2n) is 7.45. The molecule has 0 aromatic heterocycles. The number of carbonyl (C=O) groups excluding carboxylic acids is 3. The van der Waals surface area contributed by atoms with Crippen LogP contribution in [0.1, 0.15) is 46.0 Å². The maximum Gasteiger partial charge on any atom is 0.326 e. The molecule has 11 nitrogen and oxygen atoms in total. The van der Waals surface area contributed by atoms with Gasteiger partial charge in [0.25, 0.3) is 0 Å². The molecule has 3 atom stereocenters. The lowest BCUT2D eigenvalue weighted by Gasteiger charge is -2.22. The first-order chi connectivity index (χ1) is 13.6. The molecule has 3 unspecified atom stereocenters. The van der Waals surface area contributed by atoms with Crippen LogP contribution in [0.2, 0.25) is 0 Å². The molecule has 6 N–H and O–H groups in total. The van der Waals surface area contributed by atoms with Gasteiger partial charge >= 0.3 is 11.9 Å². The molecule has 29 heavy (non-hydrogen) atoms. The van der Waals surface area contributed by atoms with E-state index in [1.807, 2.05) is 13.8 Å². The summed E-state index contributed by atoms with van der Waals surface area (Å²) in [5, 5.41) is 28.0. The fraction of sp³-hybridized carbons (Fsp3) is 0.722. The van der Waals surface area contributed by atoms with Gasteiger partial charge in [-0.1, -0.05) is 13.8 Å². The van der Waals surface area contributed by atoms with Gasteiger partial charge in [0.05, 0.1) is 12.6 Å². The van der Waals surface area contributed by atoms with Gasteiger partial charge in [0.1, 0.15) is 12.1 Å². The highest BCUT2D eigenvalue weighted by Crippen LogP contribution is 2.09. The molecule has 1 aliphatic rings. The maximum absolute atomic E-state index is 12.4. The van der Waals surface area contributed by atoms with Crippen molar-refractivity contribution in [3.05, 3.63) is 0 Å². The molecule has 1 saturated heterocycles. The summed E-state index contributed by atoms with van der Waals surface area (Å²) in [5.74, 6) is -4.00. The van der Waals surface area contributed by atoms with Gasteiger partial charge in [-0.05, 0) is 38.1 Å². The predicted molar refractivity (Wildman–Crippen MR) is 102 cm³/mol. The van der Waals surface area contributed by atoms with E-state index in [0.29, 0.717) is 12.8 Å². The van der Waals surface area contributed by atoms with Gasteiger partial charge in [0, 0.05) is 6.42 Å². The number of aliphatic carboxylic acids is 2. The first-order valence-corrected chi connectivity index (χ1v) is 9.65. The minimum atomic E-state index is -1.37. The highest BCUT2D eigenvalue weighted by atomic mass is 16.4. The Morgan fingerprint density at radius 2 is 1.76 bits per heavy atom. The Labute approximate surface area is 169 Å². The summed E-state index contributed by atoms with van der Waals surface area (Å²) in [5.41, 5.74) is 0. The fourth-order valence-corrected chi connectivity index (χ4v) is 2.94. The number of amides is 3. The van der Waals surface area contributed by atoms with Gasteiger partial charge in [-0.3, -0.25) is 19.2 Å². The van der Waals surface area contributed by atoms with Crippen molar-refractivity contribution in [3.63, 3.8) is 0 Å². The summed E-state index contributed by atoms with van der Waals surface area (Å²) in [6.45, 7) is 4.05. The minimum absolute atomic E-state index is 0.115. The van der Waals surface area contributed by atoms with Gasteiger partial charge in [0.2, 0.25) is 17.7 Å². The average molecular weight is 414 g/mol. The van der Waals surface area contributed by atoms with Gasteiger partial charge in [0.15, 0.2) is 0 Å². The first-order valence-electron chi connectivity index (χ1n) is 9.65. The van der Waals surface area contributed by atoms with E-state index in [1.54, 1.807) is 0 Å². The Bertz CT molecular complexity index is 617. The van der Waals surface area contributed by atoms with Crippen molar-refractivity contribution in [3.8, 4) is 0 Å². The molecule has 164 valence electrons. The molecule has 0 aliphatic carbocycles. The Balaban J connectivity index is 2.56. The lowest BCUT2D eigenvalue weighted by atomic mass is 10.0. The zero-order valence-electron chi connectivity index (χ0n) is 16.7. The molecule has 0 aromatic carbocycles. The Morgan fingerprint density at radius 1 is 1.07 bits per heavy atom. The second kappa shape index (κ2) is 12.0. The summed E-state index contributed by atoms with van der Waals surface area (Å²) in [6, 6.07) is -2.53. The highest BCUT2D eigenvalue weighted by Gasteiger charge is 2.28. The molecule has 11 heteroatoms. The number of nitrogens with one attached hydrogen (secondary N) is 4. The van der Waals surface area contributed by atoms with Gasteiger partial charge in [-0.25, -0.2) is 4.79 Å². The smallest absolute Gasteiger partial charge is 0.326 e. The molecule has 1 fully saturated rings. The molecule has 0 bridgehead atoms. The number of carbonyl (C=O) groups is 5. The van der Waals surface area contributed by atoms with E-state index in [2.05, 4.69) is 21.3 Å². The molecule has 1 heterocycles. The van der Waals surface area contributed by atoms with Crippen LogP contribution in [0.3, 0.4) is 0 Å². The Kier molecular flexibility index (Phi) is 10.1. The molecular formula is C18H30N4O7. The van der Waals surface area contributed by atoms with Crippen LogP contribution in [0.15, 0.2) is 0 Å². The number of carboxylic acid groups (broad SMARTS) is 2. The average Bonchev–Trinajstić information content (AvgIpc) is 3.16. The SMILES string of the molecule is CC(C)CC(NC(=O)C1CCCN1)C(=O)NCC(=O)NC(CCC(=O)O)C(=O)O. The van der Waals surface area contributed by atoms with E-state index < -0.39 is 48.8 Å². The zero-order valence-corrected chi connectivity index (χ0v) is 16.7. The van der Waals surface area contributed by atoms with E-state index in [1.165, 1.54) is 0 Å². The van der Waals surface area contributed by atoms with Crippen LogP contribution in [0.4, 0.5) is 0 Å². The van der Waals surface area contributed by atoms with E-state index in [9.17, 15) is 24.0 Å². The Hall–Kier alpha value is -2.69. The van der Waals surface area contributed by atoms with Crippen LogP contribution < -0.4 is 21.3 Å². The van der Waals surface area contributed by atoms with Crippen LogP contribution in [-0.2, 0) is 24.0 Å². The van der Waals surface area contributed by atoms with Gasteiger partial charge in [-0.15, -0.1) is 0 Å². The minimum Gasteiger partial charge on any atom is -0.481 e. The number of rotatable bonds is 12. The molecule has 3 amide bonds. The third-order valence-electron chi connectivity index (χ3n) is 4.42. The van der Waals surface area contributed by atoms with Gasteiger partial charge in [-0.2, -0.15) is 0 Å². The molecule has 1 rings (SSSR count). The standard InChI is InChI=1S/C18H30N4O7/c1-10(2)8-13(22-17(27)11-4-3-7-19-11)16(26)20-9-14(23)21-12(18(28)29)5-6-15(24)25/h10-13,19H,3-9H2,1-2H3,(H,20,26)(H,21,23)(H,22,27)(H,24,25)(H,28,29). The van der Waals surface area contributed by atoms with Gasteiger partial charge < -0.3 is 31.5 Å². The van der Waals surface area contributed by atoms with E-state index in [0.717, 1.165) is 13.0 Å². The Morgan fingerprint density at radius 3 is 2.28 bits per heavy atom. The van der Waals surface area contributed by atoms with Crippen molar-refractivity contribution in [2.75, 3.05) is 13.1 Å². The van der Waals surface area contributed by atoms with Crippen LogP contribution in [-0.4, -0.2) is 71.1 Å². The van der Waals surface area contributed by atoms with Crippen LogP contribution in [0.5, 0.6) is 0 Å². The van der Waals surface area contributed by atoms with Crippen molar-refractivity contribution in [2.45, 2.75) is 64.1 Å². The molecule has 0 saturated carbocycles. The lowest BCUT2D eigenvalue weighted by molar-refractivity contribution is -0.143. The largest absolute Gasteiger partial charge is 0.481 e. The summed E-state index contributed by atoms with van der Waals surface area (Å²) < 4.78 is 0. The number of hydrogen-bond acceptors (Lipinski definition) is 6. The number of hydrogen-bond donors (Lipinski definition) is 6. The normalized spacial score (nSPS) is 18.0. The van der Waals surface area contributed by atoms with Crippen molar-refractivity contribution >= 4 is 29.7 Å². The lowest BCUT2D eigenvalue weighted by Crippen LogP contribution is -2.53. The third-order valence-corrected chi connectivity index (χ3v) is 4.42. The van der Waals surface area contributed by atoms with Crippen LogP contribution >= 0.6 is 0 Å². The monoisotopic (exact) mass is 414 g/mol. The molecule has 1 aliphatic heterocycles. The molecular weight excluding hydrogens is 384 g/mol. The van der Waals surface area contributed by atoms with E-state index in [4.69, 9.17) is 10.2 Å². The highest BCUT2D eigenvalue weighted by molar-refractivity contribution is 5.92. The topological polar surface area (TPSA) is 174 Å². The molecule has 0 aromatic rings. The fourth-order valence-electron chi connectivity index (χ4n) is 2.94. The van der Waals surface area contributed by atoms with Crippen molar-refractivity contribution in [2.24, 2.45) is 5.92 Å². The summed E-state index contributed by atoms with van der Waals surface area (Å²) >= 11 is 0. The van der Waals surface area contributed by atoms with Crippen molar-refractivity contribution in [1.82, 2.24) is 21.3 Å². The molecule has 0 spiro atoms. The molecule has 0 radical (unpaired) electrons. The number of carboxylic acids is 2. The van der Waals surface area contributed by atoms with E-state index >= 15 is 0 Å². The summed E-state index contributed by atoms with van der Waals surface area (Å²) in [6.07, 6.45) is 1.26. The third kappa shape index (κ3) is 9.37. The maximum atomic E-state index is 12.4. The van der Waals surface area contributed by atoms with E-state index in [-0.39, 0.29) is 24.3 Å².